The van der Waals surface area contributed by atoms with E-state index in [1.54, 1.807) is 5.19 Å². The van der Waals surface area contributed by atoms with Crippen LogP contribution in [0.3, 0.4) is 0 Å². The van der Waals surface area contributed by atoms with Crippen molar-refractivity contribution in [1.29, 1.82) is 0 Å². The smallest absolute Gasteiger partial charge is 0.159 e. The van der Waals surface area contributed by atoms with Crippen LogP contribution in [0.2, 0.25) is 12.1 Å². The monoisotopic (exact) mass is 317 g/mol. The molecule has 0 unspecified atom stereocenters. The van der Waals surface area contributed by atoms with Crippen molar-refractivity contribution in [2.75, 3.05) is 13.1 Å². The van der Waals surface area contributed by atoms with Gasteiger partial charge in [0, 0.05) is 0 Å². The second kappa shape index (κ2) is 10.0. The van der Waals surface area contributed by atoms with E-state index in [1.807, 2.05) is 6.08 Å². The minimum atomic E-state index is -1.59. The third-order valence-electron chi connectivity index (χ3n) is 5.00. The summed E-state index contributed by atoms with van der Waals surface area (Å²) in [7, 11) is -1.59. The summed E-state index contributed by atoms with van der Waals surface area (Å²) in [4.78, 5) is 0. The van der Waals surface area contributed by atoms with Gasteiger partial charge in [0.05, 0.1) is 0 Å². The Morgan fingerprint density at radius 2 is 1.59 bits per heavy atom. The van der Waals surface area contributed by atoms with Crippen LogP contribution < -0.4 is 5.19 Å². The molecule has 0 aliphatic rings. The molecule has 1 rings (SSSR count). The zero-order chi connectivity index (χ0) is 16.4. The van der Waals surface area contributed by atoms with Gasteiger partial charge in [-0.3, -0.25) is 0 Å². The summed E-state index contributed by atoms with van der Waals surface area (Å²) in [5.41, 5.74) is 1.27. The molecule has 0 atom stereocenters. The number of hydrogen-bond acceptors (Lipinski definition) is 1. The van der Waals surface area contributed by atoms with Crippen molar-refractivity contribution >= 4 is 19.5 Å². The minimum Gasteiger partial charge on any atom is -0.320 e. The van der Waals surface area contributed by atoms with Gasteiger partial charge in [0.15, 0.2) is 8.24 Å². The van der Waals surface area contributed by atoms with Crippen LogP contribution in [-0.2, 0) is 0 Å². The quantitative estimate of drug-likeness (QED) is 0.492. The third-order valence-corrected chi connectivity index (χ3v) is 10.4. The van der Waals surface area contributed by atoms with Crippen molar-refractivity contribution in [1.82, 2.24) is 4.57 Å². The summed E-state index contributed by atoms with van der Waals surface area (Å²) in [6.45, 7) is 15.9. The van der Waals surface area contributed by atoms with Crippen molar-refractivity contribution < 1.29 is 0 Å². The second-order valence-corrected chi connectivity index (χ2v) is 10.9. The summed E-state index contributed by atoms with van der Waals surface area (Å²) >= 11 is 0. The molecule has 0 aliphatic heterocycles. The van der Waals surface area contributed by atoms with Crippen LogP contribution in [0.25, 0.3) is 6.08 Å². The molecule has 0 aliphatic carbocycles. The number of benzene rings is 1. The molecule has 22 heavy (non-hydrogen) atoms. The van der Waals surface area contributed by atoms with E-state index in [0.717, 1.165) is 0 Å². The van der Waals surface area contributed by atoms with Gasteiger partial charge in [-0.25, -0.2) is 0 Å². The molecule has 1 aromatic carbocycles. The molecule has 0 amide bonds. The van der Waals surface area contributed by atoms with E-state index in [1.165, 1.54) is 56.4 Å². The second-order valence-electron chi connectivity index (χ2n) is 6.26. The first-order valence-electron chi connectivity index (χ1n) is 9.16. The molecule has 1 aromatic rings. The van der Waals surface area contributed by atoms with Crippen molar-refractivity contribution in [3.05, 3.63) is 36.4 Å². The molecule has 0 saturated heterocycles. The summed E-state index contributed by atoms with van der Waals surface area (Å²) in [5.74, 6) is 0. The molecule has 0 aromatic heterocycles. The largest absolute Gasteiger partial charge is 0.320 e. The van der Waals surface area contributed by atoms with Crippen LogP contribution in [-0.4, -0.2) is 25.9 Å². The van der Waals surface area contributed by atoms with Gasteiger partial charge in [0.2, 0.25) is 0 Å². The summed E-state index contributed by atoms with van der Waals surface area (Å²) in [6.07, 6.45) is 7.19. The average molecular weight is 318 g/mol. The average Bonchev–Trinajstić information content (AvgIpc) is 2.58. The van der Waals surface area contributed by atoms with Crippen molar-refractivity contribution in [3.8, 4) is 0 Å². The van der Waals surface area contributed by atoms with Crippen LogP contribution >= 0.6 is 0 Å². The maximum Gasteiger partial charge on any atom is 0.159 e. The summed E-state index contributed by atoms with van der Waals surface area (Å²) in [6, 6.07) is 11.8. The highest BCUT2D eigenvalue weighted by atomic mass is 28.3. The lowest BCUT2D eigenvalue weighted by atomic mass is 10.2. The molecule has 0 N–H and O–H groups in total. The number of nitrogens with zero attached hydrogens (tertiary/aromatic N) is 1. The molecule has 0 bridgehead atoms. The first kappa shape index (κ1) is 19.2. The van der Waals surface area contributed by atoms with Crippen molar-refractivity contribution in [3.63, 3.8) is 0 Å². The fourth-order valence-electron chi connectivity index (χ4n) is 3.48. The Balaban J connectivity index is 3.19. The van der Waals surface area contributed by atoms with Gasteiger partial charge in [-0.1, -0.05) is 77.5 Å². The molecule has 0 spiro atoms. The van der Waals surface area contributed by atoms with E-state index < -0.39 is 8.24 Å². The molecule has 1 nitrogen and oxygen atoms in total. The Labute approximate surface area is 139 Å². The molecular formula is C20H35NSi. The number of unbranched alkanes of at least 4 members (excludes halogenated alkanes) is 2. The van der Waals surface area contributed by atoms with Crippen LogP contribution in [0.5, 0.6) is 0 Å². The Hall–Kier alpha value is -0.863. The topological polar surface area (TPSA) is 3.24 Å². The Morgan fingerprint density at radius 1 is 1.00 bits per heavy atom. The molecule has 0 heterocycles. The normalized spacial score (nSPS) is 11.9. The summed E-state index contributed by atoms with van der Waals surface area (Å²) in [5, 5.41) is 1.60. The first-order chi connectivity index (χ1) is 10.7. The molecule has 0 fully saturated rings. The predicted molar refractivity (Wildman–Crippen MR) is 104 cm³/mol. The molecule has 2 heteroatoms. The van der Waals surface area contributed by atoms with Crippen molar-refractivity contribution in [2.24, 2.45) is 0 Å². The van der Waals surface area contributed by atoms with E-state index in [0.29, 0.717) is 0 Å². The zero-order valence-electron chi connectivity index (χ0n) is 15.2. The van der Waals surface area contributed by atoms with Gasteiger partial charge in [-0.05, 0) is 48.8 Å². The number of hydrogen-bond donors (Lipinski definition) is 0. The Kier molecular flexibility index (Phi) is 8.73. The molecular weight excluding hydrogens is 282 g/mol. The maximum absolute atomic E-state index is 3.95. The molecule has 0 radical (unpaired) electrons. The zero-order valence-corrected chi connectivity index (χ0v) is 16.2. The van der Waals surface area contributed by atoms with Crippen LogP contribution in [0, 0.1) is 0 Å². The number of rotatable bonds is 11. The molecule has 124 valence electrons. The fraction of sp³-hybridized carbons (Fsp3) is 0.600. The van der Waals surface area contributed by atoms with Gasteiger partial charge in [-0.2, -0.15) is 0 Å². The van der Waals surface area contributed by atoms with Crippen molar-refractivity contribution in [2.45, 2.75) is 65.5 Å². The van der Waals surface area contributed by atoms with E-state index in [2.05, 4.69) is 63.1 Å². The summed E-state index contributed by atoms with van der Waals surface area (Å²) < 4.78 is 2.89. The van der Waals surface area contributed by atoms with Gasteiger partial charge in [0.1, 0.15) is 0 Å². The minimum absolute atomic E-state index is 1.27. The lowest BCUT2D eigenvalue weighted by Crippen LogP contribution is -2.62. The van der Waals surface area contributed by atoms with Gasteiger partial charge < -0.3 is 4.57 Å². The first-order valence-corrected chi connectivity index (χ1v) is 11.5. The Morgan fingerprint density at radius 3 is 2.05 bits per heavy atom. The van der Waals surface area contributed by atoms with Crippen LogP contribution in [0.4, 0.5) is 0 Å². The van der Waals surface area contributed by atoms with E-state index in [-0.39, 0.29) is 0 Å². The highest BCUT2D eigenvalue weighted by Gasteiger charge is 2.37. The van der Waals surface area contributed by atoms with E-state index >= 15 is 0 Å². The lowest BCUT2D eigenvalue weighted by Gasteiger charge is -2.42. The van der Waals surface area contributed by atoms with Gasteiger partial charge in [0.25, 0.3) is 0 Å². The third kappa shape index (κ3) is 4.56. The van der Waals surface area contributed by atoms with Gasteiger partial charge >= 0.3 is 0 Å². The highest BCUT2D eigenvalue weighted by Crippen LogP contribution is 2.23. The van der Waals surface area contributed by atoms with Crippen LogP contribution in [0.1, 0.15) is 58.9 Å². The Bertz CT molecular complexity index is 429. The van der Waals surface area contributed by atoms with Gasteiger partial charge in [-0.15, -0.1) is 0 Å². The maximum atomic E-state index is 3.95. The lowest BCUT2D eigenvalue weighted by molar-refractivity contribution is 0.399. The fourth-order valence-corrected chi connectivity index (χ4v) is 8.07. The van der Waals surface area contributed by atoms with Crippen LogP contribution in [0.15, 0.2) is 30.8 Å². The van der Waals surface area contributed by atoms with E-state index in [4.69, 9.17) is 0 Å². The highest BCUT2D eigenvalue weighted by molar-refractivity contribution is 6.89. The predicted octanol–water partition coefficient (Wildman–Crippen LogP) is 5.42. The SMILES string of the molecule is C=Cc1cccc([Si](CC)(CC)N(CCCC)CCCC)c1. The standard InChI is InChI=1S/C20H35NSi/c1-6-11-16-21(17-12-7-2)22(9-4,10-5)20-15-13-14-19(8-3)18-20/h8,13-15,18H,3,6-7,9-12,16-17H2,1-2,4-5H3. The molecule has 0 saturated carbocycles. The van der Waals surface area contributed by atoms with E-state index in [9.17, 15) is 0 Å².